The van der Waals surface area contributed by atoms with Crippen LogP contribution < -0.4 is 15.8 Å². The summed E-state index contributed by atoms with van der Waals surface area (Å²) in [6, 6.07) is 22.1. The zero-order chi connectivity index (χ0) is 24.6. The molecule has 5 aromatic rings. The number of fused-ring (bicyclic) bond motifs is 2. The molecule has 1 aliphatic rings. The maximum absolute atomic E-state index is 13.2. The Kier molecular flexibility index (Phi) is 5.45. The molecule has 7 nitrogen and oxygen atoms in total. The van der Waals surface area contributed by atoms with Crippen LogP contribution in [-0.2, 0) is 13.1 Å². The summed E-state index contributed by atoms with van der Waals surface area (Å²) >= 11 is 0. The van der Waals surface area contributed by atoms with Crippen LogP contribution in [0.3, 0.4) is 0 Å². The first-order valence-electron chi connectivity index (χ1n) is 12.0. The van der Waals surface area contributed by atoms with Crippen molar-refractivity contribution in [2.75, 3.05) is 10.2 Å². The van der Waals surface area contributed by atoms with E-state index < -0.39 is 0 Å². The van der Waals surface area contributed by atoms with Gasteiger partial charge in [-0.25, -0.2) is 4.98 Å². The number of pyridine rings is 1. The number of benzene rings is 2. The van der Waals surface area contributed by atoms with Gasteiger partial charge in [-0.3, -0.25) is 9.20 Å². The molecule has 0 amide bonds. The van der Waals surface area contributed by atoms with Crippen LogP contribution in [0.15, 0.2) is 90.1 Å². The minimum absolute atomic E-state index is 0.0774. The summed E-state index contributed by atoms with van der Waals surface area (Å²) in [5, 5.41) is 11.6. The molecule has 4 heterocycles. The SMILES string of the molecule is Cc1cc(C(C)Nc2ccccc2-c2ccnnc2)c2nc(N3Cc4ccccc4C3)cc(=O)n2c1. The Morgan fingerprint density at radius 3 is 2.44 bits per heavy atom. The van der Waals surface area contributed by atoms with Gasteiger partial charge in [-0.05, 0) is 48.7 Å². The number of nitrogens with one attached hydrogen (secondary N) is 1. The molecule has 0 spiro atoms. The largest absolute Gasteiger partial charge is 0.378 e. The van der Waals surface area contributed by atoms with Gasteiger partial charge in [0.15, 0.2) is 0 Å². The molecular formula is C29H26N6O. The third kappa shape index (κ3) is 3.98. The van der Waals surface area contributed by atoms with Crippen molar-refractivity contribution in [2.45, 2.75) is 33.0 Å². The highest BCUT2D eigenvalue weighted by Gasteiger charge is 2.22. The van der Waals surface area contributed by atoms with E-state index in [1.807, 2.05) is 31.3 Å². The number of para-hydroxylation sites is 1. The summed E-state index contributed by atoms with van der Waals surface area (Å²) in [5.74, 6) is 0.705. The molecule has 0 aliphatic carbocycles. The molecule has 0 saturated carbocycles. The predicted octanol–water partition coefficient (Wildman–Crippen LogP) is 5.15. The fourth-order valence-corrected chi connectivity index (χ4v) is 4.96. The molecule has 178 valence electrons. The van der Waals surface area contributed by atoms with Gasteiger partial charge in [-0.2, -0.15) is 10.2 Å². The fourth-order valence-electron chi connectivity index (χ4n) is 4.96. The van der Waals surface area contributed by atoms with E-state index >= 15 is 0 Å². The average molecular weight is 475 g/mol. The van der Waals surface area contributed by atoms with E-state index in [9.17, 15) is 4.79 Å². The van der Waals surface area contributed by atoms with Gasteiger partial charge >= 0.3 is 0 Å². The Balaban J connectivity index is 1.40. The maximum Gasteiger partial charge on any atom is 0.259 e. The minimum Gasteiger partial charge on any atom is -0.378 e. The van der Waals surface area contributed by atoms with Gasteiger partial charge in [0.2, 0.25) is 0 Å². The van der Waals surface area contributed by atoms with Gasteiger partial charge in [0.1, 0.15) is 11.5 Å². The molecule has 6 rings (SSSR count). The van der Waals surface area contributed by atoms with Crippen LogP contribution in [0, 0.1) is 6.92 Å². The Hall–Kier alpha value is -4.52. The van der Waals surface area contributed by atoms with Crippen molar-refractivity contribution < 1.29 is 0 Å². The van der Waals surface area contributed by atoms with Crippen molar-refractivity contribution in [1.82, 2.24) is 19.6 Å². The molecule has 1 aliphatic heterocycles. The normalized spacial score (nSPS) is 13.6. The third-order valence-electron chi connectivity index (χ3n) is 6.74. The van der Waals surface area contributed by atoms with E-state index in [2.05, 4.69) is 69.8 Å². The lowest BCUT2D eigenvalue weighted by atomic mass is 10.0. The number of aryl methyl sites for hydroxylation is 1. The molecule has 7 heteroatoms. The van der Waals surface area contributed by atoms with Gasteiger partial charge in [-0.1, -0.05) is 42.5 Å². The summed E-state index contributed by atoms with van der Waals surface area (Å²) in [6.07, 6.45) is 5.31. The highest BCUT2D eigenvalue weighted by atomic mass is 16.1. The van der Waals surface area contributed by atoms with Crippen molar-refractivity contribution >= 4 is 17.2 Å². The highest BCUT2D eigenvalue weighted by Crippen LogP contribution is 2.32. The molecule has 1 atom stereocenters. The topological polar surface area (TPSA) is 75.4 Å². The van der Waals surface area contributed by atoms with Crippen molar-refractivity contribution in [3.8, 4) is 11.1 Å². The Morgan fingerprint density at radius 2 is 1.69 bits per heavy atom. The second-order valence-electron chi connectivity index (χ2n) is 9.29. The van der Waals surface area contributed by atoms with Crippen LogP contribution in [0.5, 0.6) is 0 Å². The molecule has 0 radical (unpaired) electrons. The van der Waals surface area contributed by atoms with Gasteiger partial charge in [0.05, 0.1) is 18.4 Å². The monoisotopic (exact) mass is 474 g/mol. The third-order valence-corrected chi connectivity index (χ3v) is 6.74. The van der Waals surface area contributed by atoms with Crippen LogP contribution in [0.4, 0.5) is 11.5 Å². The van der Waals surface area contributed by atoms with Gasteiger partial charge < -0.3 is 10.2 Å². The Labute approximate surface area is 209 Å². The van der Waals surface area contributed by atoms with Gasteiger partial charge in [0, 0.05) is 47.7 Å². The van der Waals surface area contributed by atoms with Crippen LogP contribution in [0.1, 0.15) is 35.2 Å². The fraction of sp³-hybridized carbons (Fsp3) is 0.172. The van der Waals surface area contributed by atoms with Crippen molar-refractivity contribution in [2.24, 2.45) is 0 Å². The van der Waals surface area contributed by atoms with E-state index in [0.29, 0.717) is 11.5 Å². The van der Waals surface area contributed by atoms with Crippen molar-refractivity contribution in [3.05, 3.63) is 118 Å². The molecule has 0 saturated heterocycles. The molecule has 3 aromatic heterocycles. The summed E-state index contributed by atoms with van der Waals surface area (Å²) in [6.45, 7) is 5.60. The van der Waals surface area contributed by atoms with Crippen molar-refractivity contribution in [1.29, 1.82) is 0 Å². The Bertz CT molecular complexity index is 1600. The zero-order valence-corrected chi connectivity index (χ0v) is 20.2. The number of aromatic nitrogens is 4. The molecule has 2 aromatic carbocycles. The summed E-state index contributed by atoms with van der Waals surface area (Å²) in [7, 11) is 0. The summed E-state index contributed by atoms with van der Waals surface area (Å²) < 4.78 is 1.66. The molecule has 1 unspecified atom stereocenters. The number of rotatable bonds is 5. The number of hydrogen-bond acceptors (Lipinski definition) is 6. The smallest absolute Gasteiger partial charge is 0.259 e. The first-order chi connectivity index (χ1) is 17.6. The van der Waals surface area contributed by atoms with Gasteiger partial charge in [-0.15, -0.1) is 0 Å². The van der Waals surface area contributed by atoms with E-state index in [4.69, 9.17) is 4.98 Å². The maximum atomic E-state index is 13.2. The summed E-state index contributed by atoms with van der Waals surface area (Å²) in [4.78, 5) is 20.4. The van der Waals surface area contributed by atoms with E-state index in [1.54, 1.807) is 22.9 Å². The lowest BCUT2D eigenvalue weighted by Crippen LogP contribution is -2.23. The first kappa shape index (κ1) is 22.0. The highest BCUT2D eigenvalue weighted by molar-refractivity contribution is 5.77. The second-order valence-corrected chi connectivity index (χ2v) is 9.29. The number of nitrogens with zero attached hydrogens (tertiary/aromatic N) is 5. The first-order valence-corrected chi connectivity index (χ1v) is 12.0. The average Bonchev–Trinajstić information content (AvgIpc) is 3.34. The van der Waals surface area contributed by atoms with Crippen LogP contribution >= 0.6 is 0 Å². The van der Waals surface area contributed by atoms with E-state index in [0.717, 1.165) is 41.0 Å². The van der Waals surface area contributed by atoms with E-state index in [-0.39, 0.29) is 11.6 Å². The van der Waals surface area contributed by atoms with Crippen LogP contribution in [0.2, 0.25) is 0 Å². The molecule has 36 heavy (non-hydrogen) atoms. The molecular weight excluding hydrogens is 448 g/mol. The Morgan fingerprint density at radius 1 is 0.944 bits per heavy atom. The van der Waals surface area contributed by atoms with E-state index in [1.165, 1.54) is 11.1 Å². The molecule has 0 fully saturated rings. The lowest BCUT2D eigenvalue weighted by molar-refractivity contribution is 0.833. The van der Waals surface area contributed by atoms with Crippen molar-refractivity contribution in [3.63, 3.8) is 0 Å². The standard InChI is InChI=1S/C29H26N6O/c1-19-13-25(20(2)32-26-10-6-5-9-24(26)21-11-12-30-31-15-21)29-33-27(14-28(36)35(29)16-19)34-17-22-7-3-4-8-23(22)18-34/h3-16,20,32H,17-18H2,1-2H3. The zero-order valence-electron chi connectivity index (χ0n) is 20.2. The quantitative estimate of drug-likeness (QED) is 0.380. The molecule has 1 N–H and O–H groups in total. The van der Waals surface area contributed by atoms with Crippen LogP contribution in [0.25, 0.3) is 16.8 Å². The second kappa shape index (κ2) is 8.92. The van der Waals surface area contributed by atoms with Gasteiger partial charge in [0.25, 0.3) is 5.56 Å². The lowest BCUT2D eigenvalue weighted by Gasteiger charge is -2.22. The summed E-state index contributed by atoms with van der Waals surface area (Å²) in [5.41, 5.74) is 8.12. The number of anilines is 2. The minimum atomic E-state index is -0.103. The van der Waals surface area contributed by atoms with Crippen LogP contribution in [-0.4, -0.2) is 19.6 Å². The predicted molar refractivity (Wildman–Crippen MR) is 142 cm³/mol. The number of hydrogen-bond donors (Lipinski definition) is 1. The molecule has 0 bridgehead atoms.